The van der Waals surface area contributed by atoms with Crippen LogP contribution in [0.15, 0.2) is 66.3 Å². The molecule has 6 nitrogen and oxygen atoms in total. The molecule has 0 saturated carbocycles. The second-order valence-corrected chi connectivity index (χ2v) is 7.00. The van der Waals surface area contributed by atoms with Crippen LogP contribution in [0.3, 0.4) is 0 Å². The molecule has 2 aromatic heterocycles. The highest BCUT2D eigenvalue weighted by atomic mass is 32.1. The fourth-order valence-electron chi connectivity index (χ4n) is 2.76. The number of benzene rings is 2. The van der Waals surface area contributed by atoms with E-state index in [0.29, 0.717) is 17.3 Å². The molecule has 140 valence electrons. The Balaban J connectivity index is 1.47. The van der Waals surface area contributed by atoms with Crippen molar-refractivity contribution in [3.8, 4) is 17.0 Å². The Hall–Kier alpha value is -3.32. The Morgan fingerprint density at radius 3 is 2.61 bits per heavy atom. The molecule has 1 amide bonds. The van der Waals surface area contributed by atoms with Crippen molar-refractivity contribution in [2.75, 3.05) is 5.32 Å². The zero-order valence-corrected chi connectivity index (χ0v) is 16.0. The number of nitrogens with zero attached hydrogens (tertiary/aromatic N) is 3. The van der Waals surface area contributed by atoms with E-state index < -0.39 is 6.10 Å². The van der Waals surface area contributed by atoms with Gasteiger partial charge in [0, 0.05) is 17.1 Å². The number of carbonyl (C=O) groups is 1. The summed E-state index contributed by atoms with van der Waals surface area (Å²) in [4.78, 5) is 25.5. The van der Waals surface area contributed by atoms with Crippen molar-refractivity contribution < 1.29 is 9.53 Å². The van der Waals surface area contributed by atoms with E-state index in [1.54, 1.807) is 12.4 Å². The number of carbonyl (C=O) groups excluding carboxylic acids is 1. The van der Waals surface area contributed by atoms with E-state index in [-0.39, 0.29) is 5.91 Å². The molecule has 0 spiro atoms. The molecule has 4 rings (SSSR count). The van der Waals surface area contributed by atoms with Gasteiger partial charge in [-0.05, 0) is 42.8 Å². The van der Waals surface area contributed by atoms with Crippen LogP contribution in [0.4, 0.5) is 5.13 Å². The molecule has 2 heterocycles. The molecule has 28 heavy (non-hydrogen) atoms. The minimum atomic E-state index is -0.588. The molecule has 0 aliphatic rings. The minimum Gasteiger partial charge on any atom is -0.481 e. The van der Waals surface area contributed by atoms with Crippen molar-refractivity contribution in [3.05, 3.63) is 66.3 Å². The third-order valence-electron chi connectivity index (χ3n) is 4.20. The van der Waals surface area contributed by atoms with Crippen molar-refractivity contribution in [3.63, 3.8) is 0 Å². The third-order valence-corrected chi connectivity index (χ3v) is 4.89. The number of anilines is 1. The standard InChI is InChI=1S/C21H18N4O2S/c1-2-19(20(26)25-21-22-11-12-28-21)27-15-9-7-14(8-10-15)18-13-23-16-5-3-4-6-17(16)24-18/h3-13,19H,2H2,1H3,(H,22,25,26)/t19-/m1/s1. The lowest BCUT2D eigenvalue weighted by atomic mass is 10.1. The van der Waals surface area contributed by atoms with E-state index in [0.717, 1.165) is 22.3 Å². The molecule has 7 heteroatoms. The lowest BCUT2D eigenvalue weighted by Gasteiger charge is -2.16. The van der Waals surface area contributed by atoms with E-state index in [2.05, 4.69) is 20.3 Å². The number of nitrogens with one attached hydrogen (secondary N) is 1. The van der Waals surface area contributed by atoms with Gasteiger partial charge in [0.15, 0.2) is 11.2 Å². The Kier molecular flexibility index (Phi) is 5.25. The number of para-hydroxylation sites is 2. The largest absolute Gasteiger partial charge is 0.481 e. The Bertz CT molecular complexity index is 1080. The molecule has 0 unspecified atom stereocenters. The van der Waals surface area contributed by atoms with Crippen molar-refractivity contribution >= 4 is 33.4 Å². The van der Waals surface area contributed by atoms with E-state index >= 15 is 0 Å². The molecule has 0 radical (unpaired) electrons. The number of ether oxygens (including phenoxy) is 1. The summed E-state index contributed by atoms with van der Waals surface area (Å²) in [5, 5.41) is 5.15. The predicted molar refractivity (Wildman–Crippen MR) is 110 cm³/mol. The first kappa shape index (κ1) is 18.1. The summed E-state index contributed by atoms with van der Waals surface area (Å²) < 4.78 is 5.86. The quantitative estimate of drug-likeness (QED) is 0.523. The van der Waals surface area contributed by atoms with E-state index in [4.69, 9.17) is 4.74 Å². The normalized spacial score (nSPS) is 11.9. The Labute approximate surface area is 166 Å². The van der Waals surface area contributed by atoms with Crippen LogP contribution in [0.5, 0.6) is 5.75 Å². The highest BCUT2D eigenvalue weighted by Gasteiger charge is 2.19. The second kappa shape index (κ2) is 8.14. The topological polar surface area (TPSA) is 77.0 Å². The van der Waals surface area contributed by atoms with E-state index in [1.807, 2.05) is 60.8 Å². The maximum Gasteiger partial charge on any atom is 0.267 e. The van der Waals surface area contributed by atoms with Gasteiger partial charge in [-0.25, -0.2) is 9.97 Å². The second-order valence-electron chi connectivity index (χ2n) is 6.11. The molecule has 0 bridgehead atoms. The van der Waals surface area contributed by atoms with Gasteiger partial charge in [0.25, 0.3) is 5.91 Å². The number of aromatic nitrogens is 3. The van der Waals surface area contributed by atoms with Gasteiger partial charge < -0.3 is 4.74 Å². The fourth-order valence-corrected chi connectivity index (χ4v) is 3.29. The molecule has 0 aliphatic carbocycles. The third kappa shape index (κ3) is 3.99. The van der Waals surface area contributed by atoms with Gasteiger partial charge in [-0.3, -0.25) is 15.1 Å². The van der Waals surface area contributed by atoms with Crippen LogP contribution in [-0.2, 0) is 4.79 Å². The minimum absolute atomic E-state index is 0.207. The van der Waals surface area contributed by atoms with Crippen LogP contribution < -0.4 is 10.1 Å². The molecule has 0 fully saturated rings. The van der Waals surface area contributed by atoms with Crippen molar-refractivity contribution in [2.24, 2.45) is 0 Å². The maximum absolute atomic E-state index is 12.4. The highest BCUT2D eigenvalue weighted by molar-refractivity contribution is 7.13. The number of rotatable bonds is 6. The summed E-state index contributed by atoms with van der Waals surface area (Å²) in [6, 6.07) is 15.3. The van der Waals surface area contributed by atoms with Crippen LogP contribution in [-0.4, -0.2) is 27.0 Å². The SMILES string of the molecule is CC[C@@H](Oc1ccc(-c2cnc3ccccc3n2)cc1)C(=O)Nc1nccs1. The van der Waals surface area contributed by atoms with Crippen molar-refractivity contribution in [1.29, 1.82) is 0 Å². The number of fused-ring (bicyclic) bond motifs is 1. The average molecular weight is 390 g/mol. The summed E-state index contributed by atoms with van der Waals surface area (Å²) >= 11 is 1.37. The average Bonchev–Trinajstić information content (AvgIpc) is 3.25. The first-order valence-corrected chi connectivity index (χ1v) is 9.80. The van der Waals surface area contributed by atoms with Crippen LogP contribution in [0.1, 0.15) is 13.3 Å². The highest BCUT2D eigenvalue weighted by Crippen LogP contribution is 2.23. The lowest BCUT2D eigenvalue weighted by Crippen LogP contribution is -2.32. The van der Waals surface area contributed by atoms with Crippen LogP contribution >= 0.6 is 11.3 Å². The van der Waals surface area contributed by atoms with Gasteiger partial charge in [-0.2, -0.15) is 0 Å². The van der Waals surface area contributed by atoms with Gasteiger partial charge in [0.05, 0.1) is 22.9 Å². The predicted octanol–water partition coefficient (Wildman–Crippen LogP) is 4.55. The summed E-state index contributed by atoms with van der Waals surface area (Å²) in [5.41, 5.74) is 3.44. The summed E-state index contributed by atoms with van der Waals surface area (Å²) in [7, 11) is 0. The molecule has 2 aromatic carbocycles. The Morgan fingerprint density at radius 2 is 1.89 bits per heavy atom. The first-order valence-electron chi connectivity index (χ1n) is 8.92. The molecule has 1 atom stereocenters. The van der Waals surface area contributed by atoms with Gasteiger partial charge in [0.2, 0.25) is 0 Å². The smallest absolute Gasteiger partial charge is 0.267 e. The van der Waals surface area contributed by atoms with Gasteiger partial charge in [-0.15, -0.1) is 11.3 Å². The number of hydrogen-bond acceptors (Lipinski definition) is 6. The molecular weight excluding hydrogens is 372 g/mol. The first-order chi connectivity index (χ1) is 13.7. The molecule has 0 saturated heterocycles. The van der Waals surface area contributed by atoms with E-state index in [9.17, 15) is 4.79 Å². The number of hydrogen-bond donors (Lipinski definition) is 1. The van der Waals surface area contributed by atoms with Gasteiger partial charge in [0.1, 0.15) is 5.75 Å². The zero-order valence-electron chi connectivity index (χ0n) is 15.2. The molecular formula is C21H18N4O2S. The lowest BCUT2D eigenvalue weighted by molar-refractivity contribution is -0.122. The van der Waals surface area contributed by atoms with Crippen LogP contribution in [0, 0.1) is 0 Å². The van der Waals surface area contributed by atoms with Gasteiger partial charge >= 0.3 is 0 Å². The monoisotopic (exact) mass is 390 g/mol. The summed E-state index contributed by atoms with van der Waals surface area (Å²) in [5.74, 6) is 0.417. The van der Waals surface area contributed by atoms with Crippen LogP contribution in [0.25, 0.3) is 22.3 Å². The molecule has 0 aliphatic heterocycles. The van der Waals surface area contributed by atoms with Crippen molar-refractivity contribution in [1.82, 2.24) is 15.0 Å². The number of thiazole rings is 1. The van der Waals surface area contributed by atoms with Gasteiger partial charge in [-0.1, -0.05) is 19.1 Å². The Morgan fingerprint density at radius 1 is 1.11 bits per heavy atom. The number of amides is 1. The fraction of sp³-hybridized carbons (Fsp3) is 0.143. The summed E-state index contributed by atoms with van der Waals surface area (Å²) in [6.45, 7) is 1.91. The van der Waals surface area contributed by atoms with Crippen LogP contribution in [0.2, 0.25) is 0 Å². The molecule has 4 aromatic rings. The molecule has 1 N–H and O–H groups in total. The maximum atomic E-state index is 12.4. The zero-order chi connectivity index (χ0) is 19.3. The van der Waals surface area contributed by atoms with E-state index in [1.165, 1.54) is 11.3 Å². The van der Waals surface area contributed by atoms with Crippen molar-refractivity contribution in [2.45, 2.75) is 19.4 Å². The summed E-state index contributed by atoms with van der Waals surface area (Å²) in [6.07, 6.45) is 3.37.